The highest BCUT2D eigenvalue weighted by Crippen LogP contribution is 2.33. The molecule has 1 aliphatic rings. The number of nitrogens with two attached hydrogens (primary N) is 1. The van der Waals surface area contributed by atoms with E-state index in [-0.39, 0.29) is 16.3 Å². The third-order valence-corrected chi connectivity index (χ3v) is 5.60. The van der Waals surface area contributed by atoms with Crippen LogP contribution in [0.1, 0.15) is 25.7 Å². The van der Waals surface area contributed by atoms with Crippen LogP contribution >= 0.6 is 0 Å². The predicted molar refractivity (Wildman–Crippen MR) is 77.7 cm³/mol. The molecule has 0 unspecified atom stereocenters. The Morgan fingerprint density at radius 1 is 1.45 bits per heavy atom. The van der Waals surface area contributed by atoms with Gasteiger partial charge in [0.25, 0.3) is 0 Å². The van der Waals surface area contributed by atoms with Crippen molar-refractivity contribution in [3.05, 3.63) is 6.20 Å². The first-order chi connectivity index (χ1) is 9.27. The van der Waals surface area contributed by atoms with E-state index in [4.69, 9.17) is 5.73 Å². The number of nitrogens with zero attached hydrogens (tertiary/aromatic N) is 3. The molecule has 0 amide bonds. The molecule has 114 valence electrons. The summed E-state index contributed by atoms with van der Waals surface area (Å²) in [5.41, 5.74) is 5.55. The van der Waals surface area contributed by atoms with Crippen molar-refractivity contribution in [1.82, 2.24) is 19.4 Å². The second-order valence-corrected chi connectivity index (χ2v) is 7.44. The lowest BCUT2D eigenvalue weighted by atomic mass is 9.97. The van der Waals surface area contributed by atoms with Gasteiger partial charge in [-0.1, -0.05) is 12.8 Å². The monoisotopic (exact) mass is 301 g/mol. The Kier molecular flexibility index (Phi) is 4.08. The molecule has 1 aromatic rings. The third-order valence-electron chi connectivity index (χ3n) is 4.19. The summed E-state index contributed by atoms with van der Waals surface area (Å²) in [5.74, 6) is 0.0327. The first-order valence-electron chi connectivity index (χ1n) is 6.73. The number of rotatable bonds is 5. The summed E-state index contributed by atoms with van der Waals surface area (Å²) in [5, 5.41) is 3.87. The van der Waals surface area contributed by atoms with Crippen LogP contribution in [0.5, 0.6) is 0 Å². The van der Waals surface area contributed by atoms with Crippen LogP contribution in [0, 0.1) is 0 Å². The maximum atomic E-state index is 12.3. The molecule has 0 spiro atoms. The standard InChI is InChI=1S/C12H23N5O2S/c1-16(2)12(6-4-5-7-12)9-14-20(18,19)10-8-17(3)15-11(10)13/h8,14H,4-7,9H2,1-3H3,(H2,13,15). The van der Waals surface area contributed by atoms with E-state index in [1.165, 1.54) is 10.9 Å². The first-order valence-corrected chi connectivity index (χ1v) is 8.21. The fourth-order valence-electron chi connectivity index (χ4n) is 2.81. The number of likely N-dealkylation sites (N-methyl/N-ethyl adjacent to an activating group) is 1. The molecule has 8 heteroatoms. The van der Waals surface area contributed by atoms with Crippen LogP contribution in [-0.2, 0) is 17.1 Å². The van der Waals surface area contributed by atoms with Crippen molar-refractivity contribution in [3.63, 3.8) is 0 Å². The zero-order valence-electron chi connectivity index (χ0n) is 12.3. The summed E-state index contributed by atoms with van der Waals surface area (Å²) in [6.07, 6.45) is 5.70. The Balaban J connectivity index is 2.15. The molecule has 20 heavy (non-hydrogen) atoms. The summed E-state index contributed by atoms with van der Waals surface area (Å²) in [6, 6.07) is 0. The molecule has 0 aromatic carbocycles. The summed E-state index contributed by atoms with van der Waals surface area (Å²) in [7, 11) is 2.03. The summed E-state index contributed by atoms with van der Waals surface area (Å²) in [6.45, 7) is 0.399. The van der Waals surface area contributed by atoms with Crippen LogP contribution in [-0.4, -0.2) is 49.3 Å². The highest BCUT2D eigenvalue weighted by Gasteiger charge is 2.37. The molecule has 1 saturated carbocycles. The maximum absolute atomic E-state index is 12.3. The molecule has 1 heterocycles. The van der Waals surface area contributed by atoms with Gasteiger partial charge in [0.05, 0.1) is 0 Å². The van der Waals surface area contributed by atoms with Crippen molar-refractivity contribution in [2.24, 2.45) is 7.05 Å². The predicted octanol–water partition coefficient (Wildman–Crippen LogP) is 0.155. The van der Waals surface area contributed by atoms with Crippen molar-refractivity contribution in [3.8, 4) is 0 Å². The fourth-order valence-corrected chi connectivity index (χ4v) is 4.03. The molecule has 0 aliphatic heterocycles. The lowest BCUT2D eigenvalue weighted by Crippen LogP contribution is -2.50. The Morgan fingerprint density at radius 2 is 2.05 bits per heavy atom. The number of aryl methyl sites for hydroxylation is 1. The Morgan fingerprint density at radius 3 is 2.50 bits per heavy atom. The van der Waals surface area contributed by atoms with Crippen molar-refractivity contribution >= 4 is 15.8 Å². The van der Waals surface area contributed by atoms with Gasteiger partial charge in [0, 0.05) is 25.3 Å². The van der Waals surface area contributed by atoms with E-state index in [0.717, 1.165) is 25.7 Å². The van der Waals surface area contributed by atoms with Crippen molar-refractivity contribution < 1.29 is 8.42 Å². The number of anilines is 1. The molecule has 0 bridgehead atoms. The van der Waals surface area contributed by atoms with Gasteiger partial charge in [-0.15, -0.1) is 0 Å². The Labute approximate surface area is 120 Å². The minimum atomic E-state index is -3.61. The molecule has 0 atom stereocenters. The minimum absolute atomic E-state index is 0.0327. The molecule has 1 aromatic heterocycles. The molecule has 1 aliphatic carbocycles. The molecule has 1 fully saturated rings. The van der Waals surface area contributed by atoms with Crippen LogP contribution in [0.15, 0.2) is 11.1 Å². The first kappa shape index (κ1) is 15.3. The Bertz CT molecular complexity index is 573. The largest absolute Gasteiger partial charge is 0.381 e. The second kappa shape index (κ2) is 5.34. The number of aromatic nitrogens is 2. The van der Waals surface area contributed by atoms with Gasteiger partial charge in [0.1, 0.15) is 4.90 Å². The SMILES string of the molecule is CN(C)C1(CNS(=O)(=O)c2cn(C)nc2N)CCCC1. The van der Waals surface area contributed by atoms with E-state index in [9.17, 15) is 8.42 Å². The van der Waals surface area contributed by atoms with E-state index in [1.54, 1.807) is 7.05 Å². The van der Waals surface area contributed by atoms with Crippen LogP contribution in [0.2, 0.25) is 0 Å². The van der Waals surface area contributed by atoms with Gasteiger partial charge in [-0.3, -0.25) is 4.68 Å². The van der Waals surface area contributed by atoms with Crippen molar-refractivity contribution in [1.29, 1.82) is 0 Å². The lowest BCUT2D eigenvalue weighted by molar-refractivity contribution is 0.162. The summed E-state index contributed by atoms with van der Waals surface area (Å²) < 4.78 is 28.7. The summed E-state index contributed by atoms with van der Waals surface area (Å²) >= 11 is 0. The molecule has 0 radical (unpaired) electrons. The second-order valence-electron chi connectivity index (χ2n) is 5.70. The minimum Gasteiger partial charge on any atom is -0.381 e. The van der Waals surface area contributed by atoms with Gasteiger partial charge >= 0.3 is 0 Å². The van der Waals surface area contributed by atoms with E-state index in [0.29, 0.717) is 6.54 Å². The van der Waals surface area contributed by atoms with Crippen LogP contribution in [0.3, 0.4) is 0 Å². The molecular formula is C12H23N5O2S. The van der Waals surface area contributed by atoms with Gasteiger partial charge in [0.15, 0.2) is 5.82 Å². The third kappa shape index (κ3) is 2.82. The molecule has 0 saturated heterocycles. The zero-order valence-corrected chi connectivity index (χ0v) is 13.1. The zero-order chi connectivity index (χ0) is 15.0. The highest BCUT2D eigenvalue weighted by atomic mass is 32.2. The normalized spacial score (nSPS) is 18.8. The van der Waals surface area contributed by atoms with Gasteiger partial charge in [-0.05, 0) is 26.9 Å². The summed E-state index contributed by atoms with van der Waals surface area (Å²) in [4.78, 5) is 2.17. The van der Waals surface area contributed by atoms with E-state index < -0.39 is 10.0 Å². The van der Waals surface area contributed by atoms with Crippen LogP contribution < -0.4 is 10.5 Å². The van der Waals surface area contributed by atoms with Crippen LogP contribution in [0.25, 0.3) is 0 Å². The van der Waals surface area contributed by atoms with E-state index in [2.05, 4.69) is 14.7 Å². The smallest absolute Gasteiger partial charge is 0.245 e. The van der Waals surface area contributed by atoms with Gasteiger partial charge in [-0.25, -0.2) is 13.1 Å². The molecule has 2 rings (SSSR count). The quantitative estimate of drug-likeness (QED) is 0.808. The lowest BCUT2D eigenvalue weighted by Gasteiger charge is -2.36. The average molecular weight is 301 g/mol. The fraction of sp³-hybridized carbons (Fsp3) is 0.750. The average Bonchev–Trinajstić information content (AvgIpc) is 2.94. The molecular weight excluding hydrogens is 278 g/mol. The number of nitrogen functional groups attached to an aromatic ring is 1. The molecule has 7 nitrogen and oxygen atoms in total. The Hall–Kier alpha value is -1.12. The number of nitrogens with one attached hydrogen (secondary N) is 1. The molecule has 3 N–H and O–H groups in total. The topological polar surface area (TPSA) is 93.2 Å². The van der Waals surface area contributed by atoms with E-state index in [1.807, 2.05) is 14.1 Å². The van der Waals surface area contributed by atoms with E-state index >= 15 is 0 Å². The van der Waals surface area contributed by atoms with Crippen molar-refractivity contribution in [2.45, 2.75) is 36.1 Å². The maximum Gasteiger partial charge on any atom is 0.245 e. The number of hydrogen-bond donors (Lipinski definition) is 2. The number of hydrogen-bond acceptors (Lipinski definition) is 5. The van der Waals surface area contributed by atoms with Gasteiger partial charge < -0.3 is 10.6 Å². The van der Waals surface area contributed by atoms with Gasteiger partial charge in [0.2, 0.25) is 10.0 Å². The number of sulfonamides is 1. The van der Waals surface area contributed by atoms with Crippen LogP contribution in [0.4, 0.5) is 5.82 Å². The highest BCUT2D eigenvalue weighted by molar-refractivity contribution is 7.89. The van der Waals surface area contributed by atoms with Crippen molar-refractivity contribution in [2.75, 3.05) is 26.4 Å². The van der Waals surface area contributed by atoms with Gasteiger partial charge in [-0.2, -0.15) is 5.10 Å².